The topological polar surface area (TPSA) is 66.5 Å². The van der Waals surface area contributed by atoms with Crippen LogP contribution in [-0.2, 0) is 20.2 Å². The van der Waals surface area contributed by atoms with Crippen molar-refractivity contribution in [3.8, 4) is 0 Å². The van der Waals surface area contributed by atoms with E-state index >= 15 is 0 Å². The van der Waals surface area contributed by atoms with Gasteiger partial charge in [0.15, 0.2) is 0 Å². The molecule has 1 aromatic carbocycles. The molecule has 1 aromatic rings. The number of sulfonamides is 1. The van der Waals surface area contributed by atoms with Crippen LogP contribution in [0.4, 0.5) is 0 Å². The number of halogens is 1. The zero-order valence-corrected chi connectivity index (χ0v) is 16.9. The van der Waals surface area contributed by atoms with Gasteiger partial charge < -0.3 is 5.32 Å². The molecule has 1 saturated heterocycles. The molecule has 138 valence electrons. The number of amides is 1. The first-order chi connectivity index (χ1) is 11.9. The standard InChI is InChI=1S/C18H25BrN2O3S/c1-2-12-25(23,24)21-10-6-16(7-11-21)20-17(22)18(8-9-18)14-4-3-5-15(19)13-14/h3-5,13,16H,2,6-12H2,1H3,(H,20,22). The Kier molecular flexibility index (Phi) is 5.56. The van der Waals surface area contributed by atoms with Gasteiger partial charge in [-0.1, -0.05) is 35.0 Å². The first-order valence-corrected chi connectivity index (χ1v) is 11.3. The van der Waals surface area contributed by atoms with Crippen molar-refractivity contribution < 1.29 is 13.2 Å². The number of nitrogens with one attached hydrogen (secondary N) is 1. The SMILES string of the molecule is CCCS(=O)(=O)N1CCC(NC(=O)C2(c3cccc(Br)c3)CC2)CC1. The average Bonchev–Trinajstić information content (AvgIpc) is 3.37. The lowest BCUT2D eigenvalue weighted by Crippen LogP contribution is -2.49. The number of nitrogens with zero attached hydrogens (tertiary/aromatic N) is 1. The molecule has 0 spiro atoms. The highest BCUT2D eigenvalue weighted by Crippen LogP contribution is 2.49. The van der Waals surface area contributed by atoms with Gasteiger partial charge in [0.2, 0.25) is 15.9 Å². The average molecular weight is 429 g/mol. The van der Waals surface area contributed by atoms with Crippen LogP contribution in [0.2, 0.25) is 0 Å². The van der Waals surface area contributed by atoms with Crippen LogP contribution in [0.5, 0.6) is 0 Å². The number of hydrogen-bond acceptors (Lipinski definition) is 3. The highest BCUT2D eigenvalue weighted by molar-refractivity contribution is 9.10. The molecule has 1 amide bonds. The van der Waals surface area contributed by atoms with Crippen molar-refractivity contribution in [2.24, 2.45) is 0 Å². The molecule has 1 aliphatic carbocycles. The van der Waals surface area contributed by atoms with Crippen molar-refractivity contribution >= 4 is 31.9 Å². The Hall–Kier alpha value is -0.920. The molecule has 0 bridgehead atoms. The van der Waals surface area contributed by atoms with Crippen LogP contribution in [0.1, 0.15) is 44.6 Å². The van der Waals surface area contributed by atoms with E-state index < -0.39 is 15.4 Å². The third kappa shape index (κ3) is 4.09. The lowest BCUT2D eigenvalue weighted by atomic mass is 9.94. The minimum Gasteiger partial charge on any atom is -0.352 e. The Morgan fingerprint density at radius 3 is 2.56 bits per heavy atom. The number of benzene rings is 1. The summed E-state index contributed by atoms with van der Waals surface area (Å²) in [6.07, 6.45) is 3.75. The van der Waals surface area contributed by atoms with Gasteiger partial charge >= 0.3 is 0 Å². The van der Waals surface area contributed by atoms with E-state index in [2.05, 4.69) is 21.2 Å². The summed E-state index contributed by atoms with van der Waals surface area (Å²) >= 11 is 3.47. The summed E-state index contributed by atoms with van der Waals surface area (Å²) in [5.41, 5.74) is 0.664. The van der Waals surface area contributed by atoms with Crippen molar-refractivity contribution in [1.29, 1.82) is 0 Å². The Labute approximate surface area is 158 Å². The molecule has 1 aliphatic heterocycles. The number of piperidine rings is 1. The Morgan fingerprint density at radius 1 is 1.32 bits per heavy atom. The minimum atomic E-state index is -3.13. The van der Waals surface area contributed by atoms with E-state index in [1.54, 1.807) is 4.31 Å². The zero-order chi connectivity index (χ0) is 18.1. The fourth-order valence-electron chi connectivity index (χ4n) is 3.55. The van der Waals surface area contributed by atoms with E-state index in [1.807, 2.05) is 31.2 Å². The highest BCUT2D eigenvalue weighted by Gasteiger charge is 2.51. The van der Waals surface area contributed by atoms with Gasteiger partial charge in [0.05, 0.1) is 11.2 Å². The fraction of sp³-hybridized carbons (Fsp3) is 0.611. The molecule has 1 saturated carbocycles. The van der Waals surface area contributed by atoms with Crippen molar-refractivity contribution in [3.63, 3.8) is 0 Å². The summed E-state index contributed by atoms with van der Waals surface area (Å²) in [6, 6.07) is 8.02. The van der Waals surface area contributed by atoms with Gasteiger partial charge in [-0.25, -0.2) is 12.7 Å². The first kappa shape index (κ1) is 18.9. The molecule has 7 heteroatoms. The molecule has 0 unspecified atom stereocenters. The van der Waals surface area contributed by atoms with Crippen LogP contribution < -0.4 is 5.32 Å². The Morgan fingerprint density at radius 2 is 2.00 bits per heavy atom. The maximum Gasteiger partial charge on any atom is 0.230 e. The van der Waals surface area contributed by atoms with E-state index in [0.717, 1.165) is 22.9 Å². The largest absolute Gasteiger partial charge is 0.352 e. The van der Waals surface area contributed by atoms with E-state index in [1.165, 1.54) is 0 Å². The summed E-state index contributed by atoms with van der Waals surface area (Å²) in [5.74, 6) is 0.288. The second-order valence-electron chi connectivity index (χ2n) is 7.06. The molecular weight excluding hydrogens is 404 g/mol. The number of carbonyl (C=O) groups excluding carboxylic acids is 1. The molecule has 2 aliphatic rings. The van der Waals surface area contributed by atoms with Crippen LogP contribution in [0.25, 0.3) is 0 Å². The molecule has 0 radical (unpaired) electrons. The van der Waals surface area contributed by atoms with Gasteiger partial charge in [-0.15, -0.1) is 0 Å². The second-order valence-corrected chi connectivity index (χ2v) is 10.1. The molecule has 0 aromatic heterocycles. The van der Waals surface area contributed by atoms with Gasteiger partial charge in [0.25, 0.3) is 0 Å². The summed E-state index contributed by atoms with van der Waals surface area (Å²) in [6.45, 7) is 2.87. The molecule has 2 fully saturated rings. The second kappa shape index (κ2) is 7.37. The van der Waals surface area contributed by atoms with Crippen molar-refractivity contribution in [2.75, 3.05) is 18.8 Å². The van der Waals surface area contributed by atoms with Crippen molar-refractivity contribution in [1.82, 2.24) is 9.62 Å². The predicted octanol–water partition coefficient (Wildman–Crippen LogP) is 2.80. The monoisotopic (exact) mass is 428 g/mol. The smallest absolute Gasteiger partial charge is 0.230 e. The third-order valence-corrected chi connectivity index (χ3v) is 7.78. The normalized spacial score (nSPS) is 21.0. The lowest BCUT2D eigenvalue weighted by molar-refractivity contribution is -0.124. The Bertz CT molecular complexity index is 738. The van der Waals surface area contributed by atoms with Crippen molar-refractivity contribution in [2.45, 2.75) is 50.5 Å². The van der Waals surface area contributed by atoms with Gasteiger partial charge in [0, 0.05) is 23.6 Å². The molecule has 3 rings (SSSR count). The molecular formula is C18H25BrN2O3S. The molecule has 0 atom stereocenters. The van der Waals surface area contributed by atoms with Gasteiger partial charge in [-0.05, 0) is 49.8 Å². The van der Waals surface area contributed by atoms with E-state index in [-0.39, 0.29) is 17.7 Å². The molecule has 5 nitrogen and oxygen atoms in total. The van der Waals surface area contributed by atoms with Crippen LogP contribution in [0.15, 0.2) is 28.7 Å². The van der Waals surface area contributed by atoms with Gasteiger partial charge in [-0.3, -0.25) is 4.79 Å². The zero-order valence-electron chi connectivity index (χ0n) is 14.5. The van der Waals surface area contributed by atoms with E-state index in [0.29, 0.717) is 32.4 Å². The maximum absolute atomic E-state index is 12.8. The first-order valence-electron chi connectivity index (χ1n) is 8.92. The van der Waals surface area contributed by atoms with Crippen LogP contribution in [-0.4, -0.2) is 43.5 Å². The quantitative estimate of drug-likeness (QED) is 0.757. The predicted molar refractivity (Wildman–Crippen MR) is 102 cm³/mol. The highest BCUT2D eigenvalue weighted by atomic mass is 79.9. The summed E-state index contributed by atoms with van der Waals surface area (Å²) in [5, 5.41) is 3.17. The fourth-order valence-corrected chi connectivity index (χ4v) is 5.49. The summed E-state index contributed by atoms with van der Waals surface area (Å²) in [4.78, 5) is 12.8. The van der Waals surface area contributed by atoms with E-state index in [4.69, 9.17) is 0 Å². The number of rotatable bonds is 6. The van der Waals surface area contributed by atoms with Crippen LogP contribution in [0.3, 0.4) is 0 Å². The number of carbonyl (C=O) groups is 1. The lowest BCUT2D eigenvalue weighted by Gasteiger charge is -2.32. The Balaban J connectivity index is 1.58. The van der Waals surface area contributed by atoms with Crippen LogP contribution in [0, 0.1) is 0 Å². The molecule has 1 N–H and O–H groups in total. The third-order valence-electron chi connectivity index (χ3n) is 5.21. The molecule has 1 heterocycles. The van der Waals surface area contributed by atoms with Gasteiger partial charge in [0.1, 0.15) is 0 Å². The number of hydrogen-bond donors (Lipinski definition) is 1. The van der Waals surface area contributed by atoms with Crippen LogP contribution >= 0.6 is 15.9 Å². The van der Waals surface area contributed by atoms with Gasteiger partial charge in [-0.2, -0.15) is 0 Å². The van der Waals surface area contributed by atoms with E-state index in [9.17, 15) is 13.2 Å². The summed E-state index contributed by atoms with van der Waals surface area (Å²) in [7, 11) is -3.13. The van der Waals surface area contributed by atoms with Crippen molar-refractivity contribution in [3.05, 3.63) is 34.3 Å². The minimum absolute atomic E-state index is 0.0604. The molecule has 25 heavy (non-hydrogen) atoms. The maximum atomic E-state index is 12.8. The summed E-state index contributed by atoms with van der Waals surface area (Å²) < 4.78 is 26.8.